The lowest BCUT2D eigenvalue weighted by atomic mass is 9.77. The summed E-state index contributed by atoms with van der Waals surface area (Å²) in [6.45, 7) is 2.01. The summed E-state index contributed by atoms with van der Waals surface area (Å²) < 4.78 is 5.34. The van der Waals surface area contributed by atoms with Gasteiger partial charge in [0.25, 0.3) is 0 Å². The number of amides is 1. The molecule has 4 rings (SSSR count). The summed E-state index contributed by atoms with van der Waals surface area (Å²) >= 11 is 0. The van der Waals surface area contributed by atoms with Crippen molar-refractivity contribution in [1.82, 2.24) is 0 Å². The van der Waals surface area contributed by atoms with E-state index < -0.39 is 0 Å². The first-order valence-corrected chi connectivity index (χ1v) is 9.38. The van der Waals surface area contributed by atoms with Gasteiger partial charge in [-0.15, -0.1) is 0 Å². The number of ether oxygens (including phenoxy) is 1. The molecule has 0 bridgehead atoms. The second-order valence-corrected chi connectivity index (χ2v) is 7.24. The molecule has 138 valence electrons. The van der Waals surface area contributed by atoms with Gasteiger partial charge in [0.05, 0.1) is 7.11 Å². The molecule has 1 atom stereocenters. The van der Waals surface area contributed by atoms with Crippen LogP contribution in [0.25, 0.3) is 0 Å². The molecule has 4 heteroatoms. The highest BCUT2D eigenvalue weighted by Gasteiger charge is 2.39. The molecule has 0 spiro atoms. The predicted octanol–water partition coefficient (Wildman–Crippen LogP) is 4.53. The maximum atomic E-state index is 13.2. The molecule has 27 heavy (non-hydrogen) atoms. The van der Waals surface area contributed by atoms with Crippen molar-refractivity contribution < 1.29 is 14.3 Å². The van der Waals surface area contributed by atoms with E-state index in [1.165, 1.54) is 0 Å². The van der Waals surface area contributed by atoms with Crippen LogP contribution in [0.4, 0.5) is 5.69 Å². The third-order valence-electron chi connectivity index (χ3n) is 5.43. The Balaban J connectivity index is 1.85. The molecule has 1 aliphatic heterocycles. The largest absolute Gasteiger partial charge is 0.497 e. The van der Waals surface area contributed by atoms with Crippen molar-refractivity contribution in [3.63, 3.8) is 0 Å². The smallest absolute Gasteiger partial charge is 0.232 e. The van der Waals surface area contributed by atoms with Crippen LogP contribution in [-0.4, -0.2) is 18.8 Å². The van der Waals surface area contributed by atoms with Crippen LogP contribution in [0, 0.1) is 6.92 Å². The number of carbonyl (C=O) groups is 2. The zero-order valence-corrected chi connectivity index (χ0v) is 15.7. The number of methoxy groups -OCH3 is 1. The molecule has 1 unspecified atom stereocenters. The molecule has 0 saturated heterocycles. The van der Waals surface area contributed by atoms with Gasteiger partial charge < -0.3 is 4.74 Å². The van der Waals surface area contributed by atoms with Gasteiger partial charge in [-0.05, 0) is 55.2 Å². The Labute approximate surface area is 159 Å². The summed E-state index contributed by atoms with van der Waals surface area (Å²) in [5, 5.41) is 0. The quantitative estimate of drug-likeness (QED) is 0.807. The Bertz CT molecular complexity index is 944. The molecular weight excluding hydrogens is 338 g/mol. The van der Waals surface area contributed by atoms with Gasteiger partial charge in [-0.1, -0.05) is 24.3 Å². The summed E-state index contributed by atoms with van der Waals surface area (Å²) in [7, 11) is 1.63. The van der Waals surface area contributed by atoms with Crippen molar-refractivity contribution in [2.75, 3.05) is 12.0 Å². The van der Waals surface area contributed by atoms with E-state index in [2.05, 4.69) is 0 Å². The number of benzene rings is 2. The van der Waals surface area contributed by atoms with Gasteiger partial charge in [0.2, 0.25) is 5.91 Å². The van der Waals surface area contributed by atoms with Gasteiger partial charge in [-0.25, -0.2) is 0 Å². The first kappa shape index (κ1) is 17.5. The van der Waals surface area contributed by atoms with Crippen LogP contribution in [0.2, 0.25) is 0 Å². The molecule has 2 aromatic carbocycles. The van der Waals surface area contributed by atoms with Gasteiger partial charge in [0, 0.05) is 35.7 Å². The average molecular weight is 361 g/mol. The Morgan fingerprint density at radius 2 is 1.85 bits per heavy atom. The lowest BCUT2D eigenvalue weighted by molar-refractivity contribution is -0.119. The van der Waals surface area contributed by atoms with E-state index in [1.54, 1.807) is 12.0 Å². The molecule has 0 saturated carbocycles. The fourth-order valence-corrected chi connectivity index (χ4v) is 4.20. The van der Waals surface area contributed by atoms with E-state index in [4.69, 9.17) is 4.74 Å². The van der Waals surface area contributed by atoms with Gasteiger partial charge in [0.1, 0.15) is 5.75 Å². The lowest BCUT2D eigenvalue weighted by Gasteiger charge is -2.38. The maximum Gasteiger partial charge on any atom is 0.232 e. The Kier molecular flexibility index (Phi) is 4.56. The maximum absolute atomic E-state index is 13.2. The van der Waals surface area contributed by atoms with Crippen molar-refractivity contribution in [2.45, 2.75) is 38.5 Å². The van der Waals surface area contributed by atoms with Crippen LogP contribution in [0.1, 0.15) is 42.7 Å². The second kappa shape index (κ2) is 7.03. The van der Waals surface area contributed by atoms with E-state index in [9.17, 15) is 9.59 Å². The van der Waals surface area contributed by atoms with Gasteiger partial charge in [-0.2, -0.15) is 0 Å². The van der Waals surface area contributed by atoms with Crippen LogP contribution in [0.3, 0.4) is 0 Å². The third kappa shape index (κ3) is 3.16. The fraction of sp³-hybridized carbons (Fsp3) is 0.304. The minimum Gasteiger partial charge on any atom is -0.497 e. The number of anilines is 1. The summed E-state index contributed by atoms with van der Waals surface area (Å²) in [4.78, 5) is 27.8. The number of aryl methyl sites for hydroxylation is 1. The first-order valence-electron chi connectivity index (χ1n) is 9.38. The van der Waals surface area contributed by atoms with Gasteiger partial charge in [-0.3, -0.25) is 14.5 Å². The van der Waals surface area contributed by atoms with Crippen molar-refractivity contribution in [3.8, 4) is 5.75 Å². The molecule has 1 amide bonds. The molecule has 1 aliphatic carbocycles. The molecule has 2 aliphatic rings. The molecule has 0 radical (unpaired) electrons. The monoisotopic (exact) mass is 361 g/mol. The van der Waals surface area contributed by atoms with E-state index >= 15 is 0 Å². The Hall–Kier alpha value is -2.88. The highest BCUT2D eigenvalue weighted by atomic mass is 16.5. The predicted molar refractivity (Wildman–Crippen MR) is 105 cm³/mol. The third-order valence-corrected chi connectivity index (χ3v) is 5.43. The van der Waals surface area contributed by atoms with Crippen molar-refractivity contribution in [3.05, 3.63) is 70.9 Å². The summed E-state index contributed by atoms with van der Waals surface area (Å²) in [5.41, 5.74) is 4.59. The van der Waals surface area contributed by atoms with E-state index in [0.29, 0.717) is 12.8 Å². The molecular formula is C23H23NO3. The lowest BCUT2D eigenvalue weighted by Crippen LogP contribution is -2.40. The zero-order valence-electron chi connectivity index (χ0n) is 15.7. The number of hydrogen-bond acceptors (Lipinski definition) is 3. The van der Waals surface area contributed by atoms with Crippen LogP contribution >= 0.6 is 0 Å². The normalized spacial score (nSPS) is 19.9. The first-order chi connectivity index (χ1) is 13.1. The highest BCUT2D eigenvalue weighted by Crippen LogP contribution is 2.43. The Morgan fingerprint density at radius 3 is 2.63 bits per heavy atom. The summed E-state index contributed by atoms with van der Waals surface area (Å²) in [5.74, 6) is 0.749. The molecule has 4 nitrogen and oxygen atoms in total. The van der Waals surface area contributed by atoms with Crippen LogP contribution in [0.5, 0.6) is 5.75 Å². The topological polar surface area (TPSA) is 46.6 Å². The minimum absolute atomic E-state index is 0.0434. The number of rotatable bonds is 3. The number of allylic oxidation sites excluding steroid dienone is 2. The summed E-state index contributed by atoms with van der Waals surface area (Å²) in [6.07, 6.45) is 2.39. The summed E-state index contributed by atoms with van der Waals surface area (Å²) in [6, 6.07) is 15.6. The standard InChI is InChI=1S/C23H23NO3/c1-15-6-3-8-17(12-15)24-20-10-5-11-21(25)23(20)19(14-22(24)26)16-7-4-9-18(13-16)27-2/h3-4,6-9,12-13,19H,5,10-11,14H2,1-2H3. The molecule has 0 aromatic heterocycles. The van der Waals surface area contributed by atoms with Crippen LogP contribution in [-0.2, 0) is 9.59 Å². The number of Topliss-reactive ketones (excluding diaryl/α,β-unsaturated/α-hetero) is 1. The van der Waals surface area contributed by atoms with Crippen molar-refractivity contribution in [2.24, 2.45) is 0 Å². The zero-order chi connectivity index (χ0) is 19.0. The molecule has 0 N–H and O–H groups in total. The number of ketones is 1. The second-order valence-electron chi connectivity index (χ2n) is 7.24. The number of hydrogen-bond donors (Lipinski definition) is 0. The minimum atomic E-state index is -0.198. The van der Waals surface area contributed by atoms with E-state index in [1.807, 2.05) is 55.5 Å². The number of carbonyl (C=O) groups excluding carboxylic acids is 2. The SMILES string of the molecule is COc1cccc(C2CC(=O)N(c3cccc(C)c3)C3=C2C(=O)CCC3)c1. The van der Waals surface area contributed by atoms with E-state index in [-0.39, 0.29) is 17.6 Å². The van der Waals surface area contributed by atoms with Gasteiger partial charge >= 0.3 is 0 Å². The number of nitrogens with zero attached hydrogens (tertiary/aromatic N) is 1. The van der Waals surface area contributed by atoms with Crippen molar-refractivity contribution in [1.29, 1.82) is 0 Å². The molecule has 0 fully saturated rings. The molecule has 2 aromatic rings. The van der Waals surface area contributed by atoms with Crippen molar-refractivity contribution >= 4 is 17.4 Å². The van der Waals surface area contributed by atoms with E-state index in [0.717, 1.165) is 46.7 Å². The average Bonchev–Trinajstić information content (AvgIpc) is 2.67. The van der Waals surface area contributed by atoms with Crippen LogP contribution in [0.15, 0.2) is 59.8 Å². The Morgan fingerprint density at radius 1 is 1.04 bits per heavy atom. The molecule has 1 heterocycles. The van der Waals surface area contributed by atoms with Crippen LogP contribution < -0.4 is 9.64 Å². The highest BCUT2D eigenvalue weighted by molar-refractivity contribution is 6.07. The van der Waals surface area contributed by atoms with Gasteiger partial charge in [0.15, 0.2) is 5.78 Å². The fourth-order valence-electron chi connectivity index (χ4n) is 4.20.